The highest BCUT2D eigenvalue weighted by molar-refractivity contribution is 7.22. The molecule has 0 bridgehead atoms. The number of para-hydroxylation sites is 2. The Balaban J connectivity index is 1.47. The van der Waals surface area contributed by atoms with Gasteiger partial charge in [0.05, 0.1) is 22.9 Å². The van der Waals surface area contributed by atoms with E-state index in [-0.39, 0.29) is 18.6 Å². The van der Waals surface area contributed by atoms with E-state index in [4.69, 9.17) is 19.2 Å². The maximum atomic E-state index is 13.6. The summed E-state index contributed by atoms with van der Waals surface area (Å²) in [5.74, 6) is 1.11. The molecule has 6 nitrogen and oxygen atoms in total. The number of rotatable bonds is 4. The minimum atomic E-state index is -0.712. The number of benzene rings is 2. The van der Waals surface area contributed by atoms with Crippen molar-refractivity contribution in [3.8, 4) is 11.5 Å². The number of aromatic nitrogens is 1. The highest BCUT2D eigenvalue weighted by atomic mass is 32.1. The highest BCUT2D eigenvalue weighted by Gasteiger charge is 2.35. The first-order chi connectivity index (χ1) is 14.6. The molecular formula is C23H24N2O4S. The number of anilines is 1. The number of carbonyl (C=O) groups is 1. The van der Waals surface area contributed by atoms with Gasteiger partial charge in [0.25, 0.3) is 5.91 Å². The number of aryl methyl sites for hydroxylation is 2. The maximum absolute atomic E-state index is 13.6. The number of amides is 1. The SMILES string of the molecule is Cc1cc(C)c2sc(N(CC3CCCO3)C(=O)C3COc4ccccc4O3)nc2c1. The highest BCUT2D eigenvalue weighted by Crippen LogP contribution is 2.35. The zero-order valence-electron chi connectivity index (χ0n) is 17.1. The van der Waals surface area contributed by atoms with Gasteiger partial charge in [0.1, 0.15) is 6.61 Å². The second-order valence-electron chi connectivity index (χ2n) is 7.87. The topological polar surface area (TPSA) is 60.9 Å². The van der Waals surface area contributed by atoms with Crippen molar-refractivity contribution in [1.82, 2.24) is 4.98 Å². The van der Waals surface area contributed by atoms with E-state index >= 15 is 0 Å². The van der Waals surface area contributed by atoms with E-state index in [0.29, 0.717) is 23.2 Å². The van der Waals surface area contributed by atoms with Crippen LogP contribution in [0.3, 0.4) is 0 Å². The Hall–Kier alpha value is -2.64. The predicted molar refractivity (Wildman–Crippen MR) is 117 cm³/mol. The molecule has 2 atom stereocenters. The first kappa shape index (κ1) is 19.3. The average Bonchev–Trinajstić information content (AvgIpc) is 3.41. The Morgan fingerprint density at radius 1 is 1.23 bits per heavy atom. The Morgan fingerprint density at radius 2 is 2.07 bits per heavy atom. The molecule has 2 aromatic carbocycles. The summed E-state index contributed by atoms with van der Waals surface area (Å²) < 4.78 is 18.7. The molecule has 7 heteroatoms. The summed E-state index contributed by atoms with van der Waals surface area (Å²) in [6.07, 6.45) is 1.26. The fourth-order valence-corrected chi connectivity index (χ4v) is 5.08. The molecule has 3 aromatic rings. The largest absolute Gasteiger partial charge is 0.485 e. The molecule has 2 unspecified atom stereocenters. The number of thiazole rings is 1. The lowest BCUT2D eigenvalue weighted by Crippen LogP contribution is -2.48. The summed E-state index contributed by atoms with van der Waals surface area (Å²) in [5, 5.41) is 0.682. The van der Waals surface area contributed by atoms with E-state index in [1.54, 1.807) is 16.2 Å². The van der Waals surface area contributed by atoms with Gasteiger partial charge < -0.3 is 14.2 Å². The third kappa shape index (κ3) is 3.63. The van der Waals surface area contributed by atoms with E-state index in [1.165, 1.54) is 5.56 Å². The lowest BCUT2D eigenvalue weighted by molar-refractivity contribution is -0.128. The molecule has 2 aliphatic rings. The Bertz CT molecular complexity index is 1090. The van der Waals surface area contributed by atoms with E-state index < -0.39 is 6.10 Å². The van der Waals surface area contributed by atoms with Crippen LogP contribution in [0.15, 0.2) is 36.4 Å². The van der Waals surface area contributed by atoms with Crippen molar-refractivity contribution in [3.05, 3.63) is 47.5 Å². The van der Waals surface area contributed by atoms with Gasteiger partial charge in [-0.1, -0.05) is 29.5 Å². The normalized spacial score (nSPS) is 20.5. The lowest BCUT2D eigenvalue weighted by Gasteiger charge is -2.30. The quantitative estimate of drug-likeness (QED) is 0.626. The molecule has 1 amide bonds. The summed E-state index contributed by atoms with van der Waals surface area (Å²) in [6.45, 7) is 5.53. The third-order valence-electron chi connectivity index (χ3n) is 5.50. The monoisotopic (exact) mass is 424 g/mol. The van der Waals surface area contributed by atoms with Crippen molar-refractivity contribution in [1.29, 1.82) is 0 Å². The van der Waals surface area contributed by atoms with Gasteiger partial charge in [-0.2, -0.15) is 0 Å². The first-order valence-electron chi connectivity index (χ1n) is 10.3. The summed E-state index contributed by atoms with van der Waals surface area (Å²) in [5.41, 5.74) is 3.25. The number of hydrogen-bond donors (Lipinski definition) is 0. The van der Waals surface area contributed by atoms with E-state index in [9.17, 15) is 4.79 Å². The molecule has 5 rings (SSSR count). The van der Waals surface area contributed by atoms with Gasteiger partial charge in [0.2, 0.25) is 6.10 Å². The van der Waals surface area contributed by atoms with Crippen LogP contribution in [-0.4, -0.2) is 42.9 Å². The van der Waals surface area contributed by atoms with Crippen LogP contribution in [0, 0.1) is 13.8 Å². The second kappa shape index (κ2) is 7.89. The van der Waals surface area contributed by atoms with Crippen LogP contribution in [0.25, 0.3) is 10.2 Å². The number of ether oxygens (including phenoxy) is 3. The van der Waals surface area contributed by atoms with E-state index in [0.717, 1.165) is 35.2 Å². The molecule has 0 spiro atoms. The molecule has 0 saturated carbocycles. The standard InChI is InChI=1S/C23H24N2O4S/c1-14-10-15(2)21-17(11-14)24-23(30-21)25(12-16-6-5-9-27-16)22(26)20-13-28-18-7-3-4-8-19(18)29-20/h3-4,7-8,10-11,16,20H,5-6,9,12-13H2,1-2H3. The van der Waals surface area contributed by atoms with E-state index in [2.05, 4.69) is 26.0 Å². The molecule has 1 fully saturated rings. The predicted octanol–water partition coefficient (Wildman–Crippen LogP) is 4.27. The summed E-state index contributed by atoms with van der Waals surface area (Å²) in [6, 6.07) is 11.6. The molecule has 3 heterocycles. The van der Waals surface area contributed by atoms with Crippen molar-refractivity contribution < 1.29 is 19.0 Å². The maximum Gasteiger partial charge on any atom is 0.273 e. The Kier molecular flexibility index (Phi) is 5.08. The number of nitrogens with zero attached hydrogens (tertiary/aromatic N) is 2. The van der Waals surface area contributed by atoms with Crippen LogP contribution in [0.2, 0.25) is 0 Å². The van der Waals surface area contributed by atoms with Crippen LogP contribution in [0.5, 0.6) is 11.5 Å². The fraction of sp³-hybridized carbons (Fsp3) is 0.391. The molecule has 1 aromatic heterocycles. The van der Waals surface area contributed by atoms with Gasteiger partial charge in [0, 0.05) is 6.61 Å². The molecule has 0 radical (unpaired) electrons. The van der Waals surface area contributed by atoms with Gasteiger partial charge in [-0.3, -0.25) is 9.69 Å². The van der Waals surface area contributed by atoms with Crippen molar-refractivity contribution in [3.63, 3.8) is 0 Å². The lowest BCUT2D eigenvalue weighted by atomic mass is 10.1. The molecule has 156 valence electrons. The first-order valence-corrected chi connectivity index (χ1v) is 11.1. The molecule has 0 aliphatic carbocycles. The number of fused-ring (bicyclic) bond motifs is 2. The van der Waals surface area contributed by atoms with Crippen LogP contribution in [-0.2, 0) is 9.53 Å². The summed E-state index contributed by atoms with van der Waals surface area (Å²) in [7, 11) is 0. The molecule has 2 aliphatic heterocycles. The zero-order chi connectivity index (χ0) is 20.7. The van der Waals surface area contributed by atoms with Gasteiger partial charge in [-0.05, 0) is 56.0 Å². The minimum absolute atomic E-state index is 0.0144. The fourth-order valence-electron chi connectivity index (χ4n) is 4.05. The van der Waals surface area contributed by atoms with Gasteiger partial charge in [-0.25, -0.2) is 4.98 Å². The van der Waals surface area contributed by atoms with Crippen LogP contribution < -0.4 is 14.4 Å². The van der Waals surface area contributed by atoms with Crippen LogP contribution in [0.4, 0.5) is 5.13 Å². The minimum Gasteiger partial charge on any atom is -0.485 e. The van der Waals surface area contributed by atoms with Crippen molar-refractivity contribution in [2.75, 3.05) is 24.7 Å². The summed E-state index contributed by atoms with van der Waals surface area (Å²) >= 11 is 1.54. The Morgan fingerprint density at radius 3 is 2.87 bits per heavy atom. The van der Waals surface area contributed by atoms with Gasteiger partial charge >= 0.3 is 0 Å². The second-order valence-corrected chi connectivity index (χ2v) is 8.85. The van der Waals surface area contributed by atoms with Crippen molar-refractivity contribution in [2.45, 2.75) is 38.9 Å². The number of carbonyl (C=O) groups excluding carboxylic acids is 1. The van der Waals surface area contributed by atoms with Crippen molar-refractivity contribution in [2.24, 2.45) is 0 Å². The third-order valence-corrected chi connectivity index (χ3v) is 6.73. The van der Waals surface area contributed by atoms with E-state index in [1.807, 2.05) is 24.3 Å². The average molecular weight is 425 g/mol. The van der Waals surface area contributed by atoms with Gasteiger partial charge in [0.15, 0.2) is 16.6 Å². The number of hydrogen-bond acceptors (Lipinski definition) is 6. The zero-order valence-corrected chi connectivity index (χ0v) is 17.9. The Labute approximate surface area is 179 Å². The molecule has 0 N–H and O–H groups in total. The van der Waals surface area contributed by atoms with Crippen LogP contribution >= 0.6 is 11.3 Å². The molecule has 30 heavy (non-hydrogen) atoms. The summed E-state index contributed by atoms with van der Waals surface area (Å²) in [4.78, 5) is 20.1. The molecular weight excluding hydrogens is 400 g/mol. The molecule has 1 saturated heterocycles. The van der Waals surface area contributed by atoms with Gasteiger partial charge in [-0.15, -0.1) is 0 Å². The van der Waals surface area contributed by atoms with Crippen molar-refractivity contribution >= 4 is 32.6 Å². The van der Waals surface area contributed by atoms with Crippen LogP contribution in [0.1, 0.15) is 24.0 Å². The smallest absolute Gasteiger partial charge is 0.273 e.